The van der Waals surface area contributed by atoms with E-state index in [1.54, 1.807) is 13.8 Å². The number of aliphatic hydroxyl groups excluding tert-OH is 2. The highest BCUT2D eigenvalue weighted by Gasteiger charge is 1.94. The van der Waals surface area contributed by atoms with Crippen LogP contribution in [0.3, 0.4) is 0 Å². The third-order valence-corrected chi connectivity index (χ3v) is 4.01. The lowest BCUT2D eigenvalue weighted by atomic mass is 10.0. The summed E-state index contributed by atoms with van der Waals surface area (Å²) in [4.78, 5) is 0. The molecule has 0 spiro atoms. The lowest BCUT2D eigenvalue weighted by molar-refractivity contribution is 0.216. The van der Waals surface area contributed by atoms with Crippen LogP contribution in [0.5, 0.6) is 0 Å². The molecule has 0 unspecified atom stereocenters. The molecule has 0 aromatic rings. The fraction of sp³-hybridized carbons (Fsp3) is 1.00. The SMILES string of the molecule is CC(C)O.CCCCCCCCCCCCCCCCCCO. The fourth-order valence-electron chi connectivity index (χ4n) is 2.66. The maximum atomic E-state index is 8.67. The van der Waals surface area contributed by atoms with Crippen LogP contribution in [-0.2, 0) is 0 Å². The summed E-state index contributed by atoms with van der Waals surface area (Å²) in [6.45, 7) is 6.10. The molecule has 0 atom stereocenters. The largest absolute Gasteiger partial charge is 0.396 e. The third kappa shape index (κ3) is 34.3. The summed E-state index contributed by atoms with van der Waals surface area (Å²) in [6, 6.07) is 0. The van der Waals surface area contributed by atoms with Gasteiger partial charge in [0.1, 0.15) is 0 Å². The van der Waals surface area contributed by atoms with Crippen LogP contribution >= 0.6 is 0 Å². The van der Waals surface area contributed by atoms with Crippen molar-refractivity contribution >= 4 is 0 Å². The number of hydrogen-bond acceptors (Lipinski definition) is 2. The minimum atomic E-state index is -0.167. The first kappa shape index (κ1) is 25.2. The average molecular weight is 331 g/mol. The molecule has 0 fully saturated rings. The van der Waals surface area contributed by atoms with E-state index >= 15 is 0 Å². The Labute approximate surface area is 147 Å². The summed E-state index contributed by atoms with van der Waals surface area (Å²) in [5.41, 5.74) is 0. The van der Waals surface area contributed by atoms with Crippen LogP contribution in [0.2, 0.25) is 0 Å². The second-order valence-electron chi connectivity index (χ2n) is 7.12. The van der Waals surface area contributed by atoms with E-state index in [0.717, 1.165) is 6.42 Å². The lowest BCUT2D eigenvalue weighted by Gasteiger charge is -2.03. The summed E-state index contributed by atoms with van der Waals surface area (Å²) >= 11 is 0. The Morgan fingerprint density at radius 2 is 0.739 bits per heavy atom. The van der Waals surface area contributed by atoms with Crippen molar-refractivity contribution in [2.24, 2.45) is 0 Å². The molecule has 0 saturated carbocycles. The quantitative estimate of drug-likeness (QED) is 0.312. The molecule has 23 heavy (non-hydrogen) atoms. The van der Waals surface area contributed by atoms with Crippen molar-refractivity contribution in [2.75, 3.05) is 6.61 Å². The molecule has 2 heteroatoms. The van der Waals surface area contributed by atoms with E-state index in [1.807, 2.05) is 0 Å². The fourth-order valence-corrected chi connectivity index (χ4v) is 2.66. The Hall–Kier alpha value is -0.0800. The molecule has 0 radical (unpaired) electrons. The molecule has 0 aromatic heterocycles. The monoisotopic (exact) mass is 330 g/mol. The van der Waals surface area contributed by atoms with Crippen LogP contribution in [0.1, 0.15) is 124 Å². The molecule has 2 N–H and O–H groups in total. The molecule has 0 aliphatic carbocycles. The molecule has 0 rings (SSSR count). The van der Waals surface area contributed by atoms with Crippen molar-refractivity contribution in [3.05, 3.63) is 0 Å². The Morgan fingerprint density at radius 1 is 0.522 bits per heavy atom. The predicted molar refractivity (Wildman–Crippen MR) is 104 cm³/mol. The van der Waals surface area contributed by atoms with E-state index in [1.165, 1.54) is 96.3 Å². The van der Waals surface area contributed by atoms with Gasteiger partial charge in [-0.15, -0.1) is 0 Å². The summed E-state index contributed by atoms with van der Waals surface area (Å²) in [5.74, 6) is 0. The molecular weight excluding hydrogens is 284 g/mol. The van der Waals surface area contributed by atoms with Crippen LogP contribution in [0.15, 0.2) is 0 Å². The van der Waals surface area contributed by atoms with Gasteiger partial charge in [0.25, 0.3) is 0 Å². The highest BCUT2D eigenvalue weighted by molar-refractivity contribution is 4.49. The molecule has 0 bridgehead atoms. The van der Waals surface area contributed by atoms with Crippen LogP contribution in [0, 0.1) is 0 Å². The van der Waals surface area contributed by atoms with E-state index in [4.69, 9.17) is 10.2 Å². The molecule has 0 aromatic carbocycles. The van der Waals surface area contributed by atoms with Crippen molar-refractivity contribution in [1.82, 2.24) is 0 Å². The molecule has 0 saturated heterocycles. The Morgan fingerprint density at radius 3 is 0.957 bits per heavy atom. The summed E-state index contributed by atoms with van der Waals surface area (Å²) in [7, 11) is 0. The van der Waals surface area contributed by atoms with Gasteiger partial charge in [0.15, 0.2) is 0 Å². The zero-order chi connectivity index (χ0) is 17.6. The second-order valence-corrected chi connectivity index (χ2v) is 7.12. The number of rotatable bonds is 16. The van der Waals surface area contributed by atoms with Crippen molar-refractivity contribution in [1.29, 1.82) is 0 Å². The van der Waals surface area contributed by atoms with Gasteiger partial charge in [0.05, 0.1) is 0 Å². The van der Waals surface area contributed by atoms with Crippen LogP contribution < -0.4 is 0 Å². The van der Waals surface area contributed by atoms with E-state index in [9.17, 15) is 0 Å². The molecule has 0 aliphatic rings. The standard InChI is InChI=1S/C18H38O.C3H8O/c1-2-3-4-5-6-7-8-9-10-11-12-13-14-15-16-17-18-19;1-3(2)4/h19H,2-18H2,1H3;3-4H,1-2H3. The van der Waals surface area contributed by atoms with E-state index in [0.29, 0.717) is 6.61 Å². The molecular formula is C21H46O2. The highest BCUT2D eigenvalue weighted by Crippen LogP contribution is 2.13. The van der Waals surface area contributed by atoms with Gasteiger partial charge in [0, 0.05) is 12.7 Å². The number of hydrogen-bond donors (Lipinski definition) is 2. The molecule has 0 amide bonds. The summed E-state index contributed by atoms with van der Waals surface area (Å²) in [6.07, 6.45) is 22.0. The first-order valence-corrected chi connectivity index (χ1v) is 10.4. The zero-order valence-corrected chi connectivity index (χ0v) is 16.5. The van der Waals surface area contributed by atoms with E-state index < -0.39 is 0 Å². The van der Waals surface area contributed by atoms with Gasteiger partial charge >= 0.3 is 0 Å². The molecule has 142 valence electrons. The first-order chi connectivity index (χ1) is 11.1. The van der Waals surface area contributed by atoms with Crippen molar-refractivity contribution in [2.45, 2.75) is 130 Å². The molecule has 2 nitrogen and oxygen atoms in total. The minimum Gasteiger partial charge on any atom is -0.396 e. The summed E-state index contributed by atoms with van der Waals surface area (Å²) < 4.78 is 0. The Bertz CT molecular complexity index is 162. The van der Waals surface area contributed by atoms with Gasteiger partial charge < -0.3 is 10.2 Å². The second kappa shape index (κ2) is 24.2. The maximum absolute atomic E-state index is 8.67. The zero-order valence-electron chi connectivity index (χ0n) is 16.5. The number of aliphatic hydroxyl groups is 2. The smallest absolute Gasteiger partial charge is 0.0483 e. The highest BCUT2D eigenvalue weighted by atomic mass is 16.3. The summed E-state index contributed by atoms with van der Waals surface area (Å²) in [5, 5.41) is 16.7. The van der Waals surface area contributed by atoms with Crippen LogP contribution in [0.25, 0.3) is 0 Å². The third-order valence-electron chi connectivity index (χ3n) is 4.01. The van der Waals surface area contributed by atoms with Crippen molar-refractivity contribution in [3.63, 3.8) is 0 Å². The lowest BCUT2D eigenvalue weighted by Crippen LogP contribution is -1.85. The van der Waals surface area contributed by atoms with Crippen LogP contribution in [-0.4, -0.2) is 22.9 Å². The van der Waals surface area contributed by atoms with Gasteiger partial charge in [-0.05, 0) is 20.3 Å². The van der Waals surface area contributed by atoms with E-state index in [-0.39, 0.29) is 6.10 Å². The molecule has 0 heterocycles. The van der Waals surface area contributed by atoms with Gasteiger partial charge in [-0.2, -0.15) is 0 Å². The maximum Gasteiger partial charge on any atom is 0.0483 e. The van der Waals surface area contributed by atoms with Crippen LogP contribution in [0.4, 0.5) is 0 Å². The molecule has 0 aliphatic heterocycles. The Balaban J connectivity index is 0. The van der Waals surface area contributed by atoms with Gasteiger partial charge in [-0.1, -0.05) is 103 Å². The van der Waals surface area contributed by atoms with E-state index in [2.05, 4.69) is 6.92 Å². The minimum absolute atomic E-state index is 0.167. The first-order valence-electron chi connectivity index (χ1n) is 10.4. The number of unbranched alkanes of at least 4 members (excludes halogenated alkanes) is 15. The average Bonchev–Trinajstić information content (AvgIpc) is 2.50. The van der Waals surface area contributed by atoms with Gasteiger partial charge in [-0.25, -0.2) is 0 Å². The topological polar surface area (TPSA) is 40.5 Å². The van der Waals surface area contributed by atoms with Crippen molar-refractivity contribution in [3.8, 4) is 0 Å². The predicted octanol–water partition coefficient (Wildman–Crippen LogP) is 6.63. The van der Waals surface area contributed by atoms with Crippen molar-refractivity contribution < 1.29 is 10.2 Å². The Kier molecular flexibility index (Phi) is 26.5. The van der Waals surface area contributed by atoms with Gasteiger partial charge in [-0.3, -0.25) is 0 Å². The normalized spacial score (nSPS) is 10.7. The van der Waals surface area contributed by atoms with Gasteiger partial charge in [0.2, 0.25) is 0 Å².